The Bertz CT molecular complexity index is 560. The van der Waals surface area contributed by atoms with E-state index in [-0.39, 0.29) is 11.0 Å². The van der Waals surface area contributed by atoms with E-state index in [1.54, 1.807) is 48.5 Å². The fourth-order valence-electron chi connectivity index (χ4n) is 1.55. The molecule has 0 N–H and O–H groups in total. The molecule has 0 heterocycles. The van der Waals surface area contributed by atoms with Gasteiger partial charge in [0, 0.05) is 11.0 Å². The van der Waals surface area contributed by atoms with Crippen molar-refractivity contribution in [2.24, 2.45) is 0 Å². The van der Waals surface area contributed by atoms with Gasteiger partial charge < -0.3 is 0 Å². The Balaban J connectivity index is 0.00000220. The number of carbonyl (C=O) groups excluding carboxylic acids is 2. The Kier molecular flexibility index (Phi) is 5.87. The monoisotopic (exact) mass is 298 g/mol. The van der Waals surface area contributed by atoms with Gasteiger partial charge in [-0.1, -0.05) is 35.4 Å². The number of hydrogen-bond acceptors (Lipinski definition) is 4. The van der Waals surface area contributed by atoms with Crippen LogP contribution in [0.5, 0.6) is 0 Å². The van der Waals surface area contributed by atoms with Crippen molar-refractivity contribution in [1.29, 1.82) is 0 Å². The zero-order valence-corrected chi connectivity index (χ0v) is 12.8. The first kappa shape index (κ1) is 16.7. The van der Waals surface area contributed by atoms with Crippen LogP contribution in [0, 0.1) is 13.8 Å². The van der Waals surface area contributed by atoms with Crippen molar-refractivity contribution in [2.45, 2.75) is 13.8 Å². The molecule has 2 aromatic rings. The van der Waals surface area contributed by atoms with E-state index in [0.717, 1.165) is 11.1 Å². The first-order valence-corrected chi connectivity index (χ1v) is 6.13. The summed E-state index contributed by atoms with van der Waals surface area (Å²) in [6.45, 7) is 3.82. The molecule has 0 amide bonds. The summed E-state index contributed by atoms with van der Waals surface area (Å²) in [7, 11) is 0. The van der Waals surface area contributed by atoms with E-state index in [2.05, 4.69) is 9.78 Å². The quantitative estimate of drug-likeness (QED) is 0.486. The maximum Gasteiger partial charge on any atom is 0.386 e. The number of aryl methyl sites for hydroxylation is 2. The van der Waals surface area contributed by atoms with E-state index in [1.165, 1.54) is 0 Å². The van der Waals surface area contributed by atoms with Gasteiger partial charge in [-0.25, -0.2) is 19.4 Å². The van der Waals surface area contributed by atoms with Gasteiger partial charge in [0.25, 0.3) is 0 Å². The van der Waals surface area contributed by atoms with Gasteiger partial charge in [0.2, 0.25) is 0 Å². The molecule has 0 saturated carbocycles. The lowest BCUT2D eigenvalue weighted by atomic mass is 10.1. The molecule has 0 atom stereocenters. The largest absolute Gasteiger partial charge is 0.386 e. The zero-order valence-electron chi connectivity index (χ0n) is 11.8. The second kappa shape index (κ2) is 7.40. The highest BCUT2D eigenvalue weighted by atomic mass is 28.1. The second-order valence-corrected chi connectivity index (χ2v) is 4.47. The van der Waals surface area contributed by atoms with E-state index in [9.17, 15) is 9.59 Å². The Morgan fingerprint density at radius 1 is 0.667 bits per heavy atom. The maximum absolute atomic E-state index is 11.6. The standard InChI is InChI=1S/C16H14O4.Si/c1-11-3-7-13(8-4-11)15(17)19-20-16(18)14-9-5-12(2)6-10-14;/h3-10H,1-2H3;. The topological polar surface area (TPSA) is 52.6 Å². The average molecular weight is 298 g/mol. The van der Waals surface area contributed by atoms with Crippen molar-refractivity contribution < 1.29 is 19.4 Å². The summed E-state index contributed by atoms with van der Waals surface area (Å²) in [5.41, 5.74) is 2.70. The molecular formula is C16H14O4Si. The number of rotatable bonds is 2. The Labute approximate surface area is 127 Å². The van der Waals surface area contributed by atoms with Gasteiger partial charge in [-0.2, -0.15) is 0 Å². The molecule has 0 aliphatic heterocycles. The predicted molar refractivity (Wildman–Crippen MR) is 78.9 cm³/mol. The van der Waals surface area contributed by atoms with Crippen molar-refractivity contribution in [3.8, 4) is 0 Å². The molecule has 2 rings (SSSR count). The average Bonchev–Trinajstić information content (AvgIpc) is 2.46. The summed E-state index contributed by atoms with van der Waals surface area (Å²) in [5.74, 6) is -1.41. The highest BCUT2D eigenvalue weighted by molar-refractivity contribution is 5.92. The van der Waals surface area contributed by atoms with Gasteiger partial charge in [-0.15, -0.1) is 0 Å². The van der Waals surface area contributed by atoms with Crippen molar-refractivity contribution in [3.63, 3.8) is 0 Å². The molecule has 0 aliphatic rings. The van der Waals surface area contributed by atoms with Crippen LogP contribution in [-0.2, 0) is 9.78 Å². The molecule has 0 aromatic heterocycles. The summed E-state index contributed by atoms with van der Waals surface area (Å²) in [6, 6.07) is 13.5. The second-order valence-electron chi connectivity index (χ2n) is 4.47. The van der Waals surface area contributed by atoms with E-state index >= 15 is 0 Å². The number of hydrogen-bond donors (Lipinski definition) is 0. The van der Waals surface area contributed by atoms with Crippen LogP contribution in [0.4, 0.5) is 0 Å². The molecule has 0 fully saturated rings. The molecule has 21 heavy (non-hydrogen) atoms. The highest BCUT2D eigenvalue weighted by Gasteiger charge is 2.13. The minimum absolute atomic E-state index is 0. The summed E-state index contributed by atoms with van der Waals surface area (Å²) in [4.78, 5) is 32.3. The Hall–Kier alpha value is -2.40. The van der Waals surface area contributed by atoms with Gasteiger partial charge in [0.05, 0.1) is 11.1 Å². The first-order valence-electron chi connectivity index (χ1n) is 6.13. The van der Waals surface area contributed by atoms with Crippen LogP contribution in [0.1, 0.15) is 31.8 Å². The number of benzene rings is 2. The molecule has 4 radical (unpaired) electrons. The van der Waals surface area contributed by atoms with Gasteiger partial charge in [-0.3, -0.25) is 0 Å². The van der Waals surface area contributed by atoms with Gasteiger partial charge in [0.15, 0.2) is 0 Å². The minimum Gasteiger partial charge on any atom is -0.242 e. The molecule has 0 aliphatic carbocycles. The van der Waals surface area contributed by atoms with Crippen molar-refractivity contribution in [1.82, 2.24) is 0 Å². The summed E-state index contributed by atoms with van der Waals surface area (Å²) < 4.78 is 0. The van der Waals surface area contributed by atoms with Crippen molar-refractivity contribution in [3.05, 3.63) is 70.8 Å². The normalized spacial score (nSPS) is 9.43. The third kappa shape index (κ3) is 4.57. The fourth-order valence-corrected chi connectivity index (χ4v) is 1.55. The van der Waals surface area contributed by atoms with Crippen molar-refractivity contribution in [2.75, 3.05) is 0 Å². The molecule has 0 bridgehead atoms. The van der Waals surface area contributed by atoms with Gasteiger partial charge >= 0.3 is 11.9 Å². The van der Waals surface area contributed by atoms with E-state index in [1.807, 2.05) is 13.8 Å². The van der Waals surface area contributed by atoms with E-state index in [0.29, 0.717) is 11.1 Å². The van der Waals surface area contributed by atoms with Crippen LogP contribution < -0.4 is 0 Å². The molecule has 2 aromatic carbocycles. The smallest absolute Gasteiger partial charge is 0.242 e. The van der Waals surface area contributed by atoms with E-state index in [4.69, 9.17) is 0 Å². The molecule has 5 heteroatoms. The molecule has 4 nitrogen and oxygen atoms in total. The molecule has 106 valence electrons. The van der Waals surface area contributed by atoms with Crippen LogP contribution >= 0.6 is 0 Å². The SMILES string of the molecule is Cc1ccc(C(=O)OOC(=O)c2ccc(C)cc2)cc1.[Si]. The van der Waals surface area contributed by atoms with Crippen LogP contribution in [0.15, 0.2) is 48.5 Å². The minimum atomic E-state index is -0.703. The van der Waals surface area contributed by atoms with Crippen molar-refractivity contribution >= 4 is 22.9 Å². The van der Waals surface area contributed by atoms with Crippen LogP contribution in [-0.4, -0.2) is 22.9 Å². The summed E-state index contributed by atoms with van der Waals surface area (Å²) in [6.07, 6.45) is 0. The Morgan fingerprint density at radius 2 is 0.952 bits per heavy atom. The third-order valence-electron chi connectivity index (χ3n) is 2.77. The van der Waals surface area contributed by atoms with Gasteiger partial charge in [-0.05, 0) is 38.1 Å². The highest BCUT2D eigenvalue weighted by Crippen LogP contribution is 2.08. The molecule has 0 spiro atoms. The first-order chi connectivity index (χ1) is 9.56. The lowest BCUT2D eigenvalue weighted by molar-refractivity contribution is -0.187. The zero-order chi connectivity index (χ0) is 14.5. The van der Waals surface area contributed by atoms with Crippen LogP contribution in [0.3, 0.4) is 0 Å². The molecule has 0 unspecified atom stereocenters. The third-order valence-corrected chi connectivity index (χ3v) is 2.77. The molecular weight excluding hydrogens is 284 g/mol. The molecule has 0 saturated heterocycles. The van der Waals surface area contributed by atoms with E-state index < -0.39 is 11.9 Å². The lowest BCUT2D eigenvalue weighted by Crippen LogP contribution is -2.11. The Morgan fingerprint density at radius 3 is 1.24 bits per heavy atom. The van der Waals surface area contributed by atoms with Crippen LogP contribution in [0.25, 0.3) is 0 Å². The fraction of sp³-hybridized carbons (Fsp3) is 0.125. The summed E-state index contributed by atoms with van der Waals surface area (Å²) >= 11 is 0. The predicted octanol–water partition coefficient (Wildman–Crippen LogP) is 2.85. The van der Waals surface area contributed by atoms with Crippen LogP contribution in [0.2, 0.25) is 0 Å². The maximum atomic E-state index is 11.6. The summed E-state index contributed by atoms with van der Waals surface area (Å²) in [5, 5.41) is 0. The number of carbonyl (C=O) groups is 2. The van der Waals surface area contributed by atoms with Gasteiger partial charge in [0.1, 0.15) is 0 Å². The lowest BCUT2D eigenvalue weighted by Gasteiger charge is -2.04.